The molecule has 0 saturated carbocycles. The van der Waals surface area contributed by atoms with Crippen LogP contribution in [0, 0.1) is 0 Å². The van der Waals surface area contributed by atoms with Gasteiger partial charge in [0.2, 0.25) is 11.8 Å². The smallest absolute Gasteiger partial charge is 0.329 e. The van der Waals surface area contributed by atoms with Gasteiger partial charge in [-0.3, -0.25) is 19.4 Å². The van der Waals surface area contributed by atoms with E-state index in [0.29, 0.717) is 17.9 Å². The van der Waals surface area contributed by atoms with Crippen LogP contribution in [-0.2, 0) is 30.5 Å². The minimum Gasteiger partial charge on any atom is -0.489 e. The van der Waals surface area contributed by atoms with E-state index in [4.69, 9.17) is 25.7 Å². The number of aliphatic imine (C=N–C) groups is 1. The Hall–Kier alpha value is -6.86. The number of fused-ring (bicyclic) bond motifs is 2. The number of rotatable bonds is 21. The number of nitrogens with one attached hydrogen (secondary N) is 3. The molecule has 5 aromatic rings. The van der Waals surface area contributed by atoms with Gasteiger partial charge >= 0.3 is 5.97 Å². The first-order valence-electron chi connectivity index (χ1n) is 18.8. The van der Waals surface area contributed by atoms with Crippen molar-refractivity contribution in [3.63, 3.8) is 0 Å². The molecule has 2 atom stereocenters. The van der Waals surface area contributed by atoms with Gasteiger partial charge in [0, 0.05) is 17.7 Å². The molecular formula is C45H49ClN6O7. The number of nitrogens with two attached hydrogens (primary N) is 2. The first-order valence-corrected chi connectivity index (χ1v) is 18.8. The van der Waals surface area contributed by atoms with Crippen LogP contribution in [0.25, 0.3) is 32.7 Å². The average molecular weight is 821 g/mol. The molecule has 0 bridgehead atoms. The highest BCUT2D eigenvalue weighted by Gasteiger charge is 2.27. The molecule has 7 N–H and O–H groups in total. The maximum Gasteiger partial charge on any atom is 0.329 e. The van der Waals surface area contributed by atoms with E-state index < -0.39 is 48.9 Å². The van der Waals surface area contributed by atoms with Crippen LogP contribution in [0.15, 0.2) is 133 Å². The second-order valence-electron chi connectivity index (χ2n) is 13.2. The van der Waals surface area contributed by atoms with Gasteiger partial charge in [0.15, 0.2) is 12.6 Å². The molecule has 59 heavy (non-hydrogen) atoms. The number of ether oxygens (including phenoxy) is 3. The first-order chi connectivity index (χ1) is 28.2. The summed E-state index contributed by atoms with van der Waals surface area (Å²) in [5, 5.41) is 11.7. The summed E-state index contributed by atoms with van der Waals surface area (Å²) in [6.07, 6.45) is 3.70. The lowest BCUT2D eigenvalue weighted by atomic mass is 9.92. The molecule has 0 saturated heterocycles. The summed E-state index contributed by atoms with van der Waals surface area (Å²) in [6, 6.07) is 30.4. The van der Waals surface area contributed by atoms with Gasteiger partial charge in [-0.25, -0.2) is 4.79 Å². The Morgan fingerprint density at radius 1 is 0.712 bits per heavy atom. The minimum absolute atomic E-state index is 0. The number of halogens is 1. The van der Waals surface area contributed by atoms with E-state index in [-0.39, 0.29) is 51.0 Å². The Bertz CT molecular complexity index is 2280. The van der Waals surface area contributed by atoms with Crippen LogP contribution < -0.4 is 36.9 Å². The molecule has 14 heteroatoms. The lowest BCUT2D eigenvalue weighted by molar-refractivity contribution is -0.149. The molecule has 0 fully saturated rings. The maximum absolute atomic E-state index is 13.5. The van der Waals surface area contributed by atoms with Gasteiger partial charge in [-0.05, 0) is 58.5 Å². The highest BCUT2D eigenvalue weighted by Crippen LogP contribution is 2.45. The molecule has 0 aromatic heterocycles. The average Bonchev–Trinajstić information content (AvgIpc) is 3.24. The van der Waals surface area contributed by atoms with Crippen molar-refractivity contribution in [3.8, 4) is 22.6 Å². The van der Waals surface area contributed by atoms with Crippen LogP contribution in [0.1, 0.15) is 24.8 Å². The van der Waals surface area contributed by atoms with Crippen molar-refractivity contribution in [2.75, 3.05) is 26.3 Å². The monoisotopic (exact) mass is 820 g/mol. The van der Waals surface area contributed by atoms with Crippen molar-refractivity contribution in [1.82, 2.24) is 16.0 Å². The van der Waals surface area contributed by atoms with Crippen molar-refractivity contribution in [2.24, 2.45) is 16.5 Å². The number of nitrogens with zero attached hydrogens (tertiary/aromatic N) is 1. The Morgan fingerprint density at radius 2 is 1.32 bits per heavy atom. The van der Waals surface area contributed by atoms with Gasteiger partial charge in [0.1, 0.15) is 36.8 Å². The van der Waals surface area contributed by atoms with Crippen molar-refractivity contribution >= 4 is 63.6 Å². The van der Waals surface area contributed by atoms with Gasteiger partial charge in [-0.15, -0.1) is 19.0 Å². The molecule has 0 spiro atoms. The fraction of sp³-hybridized carbons (Fsp3) is 0.222. The van der Waals surface area contributed by atoms with Crippen molar-refractivity contribution in [1.29, 1.82) is 0 Å². The van der Waals surface area contributed by atoms with Gasteiger partial charge in [0.05, 0.1) is 6.54 Å². The molecule has 3 amide bonds. The number of carbonyl (C=O) groups is 4. The molecule has 0 radical (unpaired) electrons. The lowest BCUT2D eigenvalue weighted by Crippen LogP contribution is -2.53. The highest BCUT2D eigenvalue weighted by atomic mass is 35.5. The molecule has 0 heterocycles. The summed E-state index contributed by atoms with van der Waals surface area (Å²) in [5.74, 6) is -1.57. The number of amides is 3. The van der Waals surface area contributed by atoms with E-state index in [2.05, 4.69) is 34.1 Å². The third kappa shape index (κ3) is 12.8. The Kier molecular flexibility index (Phi) is 17.3. The molecule has 0 aliphatic heterocycles. The van der Waals surface area contributed by atoms with Crippen LogP contribution in [0.5, 0.6) is 11.5 Å². The topological polar surface area (TPSA) is 196 Å². The predicted molar refractivity (Wildman–Crippen MR) is 233 cm³/mol. The van der Waals surface area contributed by atoms with Gasteiger partial charge in [0.25, 0.3) is 5.91 Å². The number of carbonyl (C=O) groups excluding carboxylic acids is 4. The summed E-state index contributed by atoms with van der Waals surface area (Å²) >= 11 is 0. The standard InChI is InChI=1S/C45H48N6O7.ClH/c1-3-13-36(44(55)58-28-30-14-6-5-7-15-30)51-43(54)35(20-12-25-48-45(46)47)50-39(52)27-49-40(53)29-57-38-24-22-32-17-9-11-19-34(32)42(38)41-33-18-10-8-16-31(33)21-23-37(41)56-26-4-2;/h3-11,14-19,21-24,35-36H,1-2,12-13,20,25-29H2,(H,49,53)(H,50,52)(H,51,54)(H4,46,47,48);1H/t35-,36+;/m1./s1. The SMILES string of the molecule is C=CCOc1ccc2ccccc2c1-c1c(OCC(=O)NCC(=O)N[C@H](CCCN=C(N)N)C(=O)N[C@@H](CC=C)C(=O)OCc2ccccc2)ccc2ccccc12.Cl. The Labute approximate surface area is 349 Å². The van der Waals surface area contributed by atoms with E-state index >= 15 is 0 Å². The lowest BCUT2D eigenvalue weighted by Gasteiger charge is -2.22. The van der Waals surface area contributed by atoms with E-state index in [1.54, 1.807) is 12.1 Å². The molecule has 0 unspecified atom stereocenters. The van der Waals surface area contributed by atoms with Crippen LogP contribution in [0.2, 0.25) is 0 Å². The second-order valence-corrected chi connectivity index (χ2v) is 13.2. The number of benzene rings is 5. The fourth-order valence-electron chi connectivity index (χ4n) is 6.28. The molecule has 5 aromatic carbocycles. The Morgan fingerprint density at radius 3 is 1.93 bits per heavy atom. The molecule has 0 aliphatic carbocycles. The minimum atomic E-state index is -1.09. The fourth-order valence-corrected chi connectivity index (χ4v) is 6.28. The summed E-state index contributed by atoms with van der Waals surface area (Å²) in [4.78, 5) is 56.8. The molecule has 5 rings (SSSR count). The van der Waals surface area contributed by atoms with Gasteiger partial charge in [-0.1, -0.05) is 110 Å². The van der Waals surface area contributed by atoms with E-state index in [1.807, 2.05) is 97.1 Å². The number of esters is 1. The number of guanidine groups is 1. The Balaban J connectivity index is 0.00000769. The third-order valence-electron chi connectivity index (χ3n) is 9.02. The zero-order valence-corrected chi connectivity index (χ0v) is 33.4. The van der Waals surface area contributed by atoms with Crippen molar-refractivity contribution in [2.45, 2.75) is 38.0 Å². The summed E-state index contributed by atoms with van der Waals surface area (Å²) in [6.45, 7) is 7.11. The maximum atomic E-state index is 13.5. The van der Waals surface area contributed by atoms with E-state index in [9.17, 15) is 19.2 Å². The van der Waals surface area contributed by atoms with E-state index in [1.165, 1.54) is 6.08 Å². The second kappa shape index (κ2) is 22.8. The van der Waals surface area contributed by atoms with Gasteiger partial charge < -0.3 is 41.6 Å². The normalized spacial score (nSPS) is 11.5. The summed E-state index contributed by atoms with van der Waals surface area (Å²) < 4.78 is 17.7. The zero-order chi connectivity index (χ0) is 41.3. The van der Waals surface area contributed by atoms with Crippen LogP contribution in [0.3, 0.4) is 0 Å². The summed E-state index contributed by atoms with van der Waals surface area (Å²) in [5.41, 5.74) is 13.2. The largest absolute Gasteiger partial charge is 0.489 e. The quantitative estimate of drug-likeness (QED) is 0.0209. The van der Waals surface area contributed by atoms with Crippen LogP contribution in [-0.4, -0.2) is 68.0 Å². The molecule has 13 nitrogen and oxygen atoms in total. The van der Waals surface area contributed by atoms with E-state index in [0.717, 1.165) is 38.2 Å². The predicted octanol–water partition coefficient (Wildman–Crippen LogP) is 5.48. The highest BCUT2D eigenvalue weighted by molar-refractivity contribution is 6.10. The van der Waals surface area contributed by atoms with Crippen LogP contribution >= 0.6 is 12.4 Å². The summed E-state index contributed by atoms with van der Waals surface area (Å²) in [7, 11) is 0. The third-order valence-corrected chi connectivity index (χ3v) is 9.02. The molecular weight excluding hydrogens is 772 g/mol. The van der Waals surface area contributed by atoms with Crippen molar-refractivity contribution in [3.05, 3.63) is 134 Å². The first kappa shape index (κ1) is 44.8. The molecule has 0 aliphatic rings. The number of hydrogen-bond acceptors (Lipinski definition) is 8. The number of hydrogen-bond donors (Lipinski definition) is 5. The van der Waals surface area contributed by atoms with Gasteiger partial charge in [-0.2, -0.15) is 0 Å². The van der Waals surface area contributed by atoms with Crippen LogP contribution in [0.4, 0.5) is 0 Å². The molecule has 308 valence electrons. The zero-order valence-electron chi connectivity index (χ0n) is 32.6. The van der Waals surface area contributed by atoms with Crippen molar-refractivity contribution < 1.29 is 33.4 Å².